The molecule has 0 saturated heterocycles. The molecule has 0 bridgehead atoms. The van der Waals surface area contributed by atoms with Gasteiger partial charge in [-0.1, -0.05) is 50.3 Å². The van der Waals surface area contributed by atoms with Gasteiger partial charge in [-0.25, -0.2) is 0 Å². The Morgan fingerprint density at radius 1 is 0.949 bits per heavy atom. The van der Waals surface area contributed by atoms with E-state index in [2.05, 4.69) is 61.2 Å². The van der Waals surface area contributed by atoms with Crippen LogP contribution in [-0.2, 0) is 51.3 Å². The van der Waals surface area contributed by atoms with Crippen LogP contribution >= 0.6 is 0 Å². The maximum absolute atomic E-state index is 13.0. The molecule has 0 radical (unpaired) electrons. The number of anilines is 1. The lowest BCUT2D eigenvalue weighted by atomic mass is 9.86. The van der Waals surface area contributed by atoms with Gasteiger partial charge in [0.05, 0.1) is 35.6 Å². The Kier molecular flexibility index (Phi) is 15.9. The number of aromatic hydroxyl groups is 1. The first-order valence-corrected chi connectivity index (χ1v) is 20.7. The van der Waals surface area contributed by atoms with E-state index in [-0.39, 0.29) is 24.8 Å². The predicted octanol–water partition coefficient (Wildman–Crippen LogP) is 7.58. The highest BCUT2D eigenvalue weighted by Crippen LogP contribution is 2.31. The topological polar surface area (TPSA) is 184 Å². The smallest absolute Gasteiger partial charge is 0.303 e. The SMILES string of the molecule is CCCN(CCc1ccc(N=Nc2ccc(NC(=O)CNC(=O)C(C)(C)CCOC(C)(C)CCn3cc(CCC(=O)O)nn3)cc2)cc1)C1CCc2c(O)cccc2C1. The van der Waals surface area contributed by atoms with Gasteiger partial charge in [0, 0.05) is 49.5 Å². The number of nitrogens with zero attached hydrogens (tertiary/aromatic N) is 6. The van der Waals surface area contributed by atoms with Crippen LogP contribution in [-0.4, -0.2) is 85.8 Å². The van der Waals surface area contributed by atoms with E-state index in [9.17, 15) is 19.5 Å². The predicted molar refractivity (Wildman–Crippen MR) is 227 cm³/mol. The number of phenols is 1. The van der Waals surface area contributed by atoms with Crippen molar-refractivity contribution in [2.24, 2.45) is 15.6 Å². The minimum Gasteiger partial charge on any atom is -0.508 e. The molecule has 14 nitrogen and oxygen atoms in total. The monoisotopic (exact) mass is 808 g/mol. The van der Waals surface area contributed by atoms with Crippen LogP contribution < -0.4 is 10.6 Å². The number of rotatable bonds is 22. The lowest BCUT2D eigenvalue weighted by Crippen LogP contribution is -2.42. The number of nitrogens with one attached hydrogen (secondary N) is 2. The Hall–Kier alpha value is -5.47. The normalized spacial score (nSPS) is 14.4. The second kappa shape index (κ2) is 21.0. The van der Waals surface area contributed by atoms with Crippen molar-refractivity contribution in [3.63, 3.8) is 0 Å². The molecule has 0 fully saturated rings. The van der Waals surface area contributed by atoms with Gasteiger partial charge in [-0.05, 0) is 124 Å². The molecule has 1 aromatic heterocycles. The Morgan fingerprint density at radius 2 is 1.66 bits per heavy atom. The van der Waals surface area contributed by atoms with Crippen LogP contribution in [0.5, 0.6) is 5.75 Å². The highest BCUT2D eigenvalue weighted by molar-refractivity contribution is 5.95. The number of carbonyl (C=O) groups excluding carboxylic acids is 2. The number of fused-ring (bicyclic) bond motifs is 1. The van der Waals surface area contributed by atoms with Gasteiger partial charge >= 0.3 is 5.97 Å². The summed E-state index contributed by atoms with van der Waals surface area (Å²) in [7, 11) is 0. The van der Waals surface area contributed by atoms with E-state index in [1.807, 2.05) is 45.9 Å². The fraction of sp³-hybridized carbons (Fsp3) is 0.489. The number of carboxylic acid groups (broad SMARTS) is 1. The number of azo groups is 1. The number of hydrogen-bond donors (Lipinski definition) is 4. The average Bonchev–Trinajstić information content (AvgIpc) is 3.68. The van der Waals surface area contributed by atoms with E-state index in [0.29, 0.717) is 61.3 Å². The number of aryl methyl sites for hydroxylation is 2. The molecule has 316 valence electrons. The first kappa shape index (κ1) is 44.6. The van der Waals surface area contributed by atoms with Crippen LogP contribution in [0.15, 0.2) is 83.2 Å². The van der Waals surface area contributed by atoms with Crippen molar-refractivity contribution in [2.45, 2.75) is 111 Å². The van der Waals surface area contributed by atoms with E-state index in [1.54, 1.807) is 41.2 Å². The molecule has 1 heterocycles. The molecule has 0 aliphatic heterocycles. The number of ether oxygens (including phenoxy) is 1. The molecule has 3 aromatic carbocycles. The molecule has 2 amide bonds. The molecule has 59 heavy (non-hydrogen) atoms. The molecule has 1 unspecified atom stereocenters. The Balaban J connectivity index is 0.992. The van der Waals surface area contributed by atoms with Gasteiger partial charge in [0.15, 0.2) is 0 Å². The number of aliphatic carboxylic acids is 1. The molecule has 14 heteroatoms. The number of phenolic OH excluding ortho intramolecular Hbond substituents is 1. The molecule has 0 saturated carbocycles. The molecule has 1 aliphatic rings. The fourth-order valence-electron chi connectivity index (χ4n) is 7.13. The first-order valence-electron chi connectivity index (χ1n) is 20.7. The quantitative estimate of drug-likeness (QED) is 0.0582. The zero-order valence-electron chi connectivity index (χ0n) is 35.1. The minimum absolute atomic E-state index is 0.00743. The average molecular weight is 809 g/mol. The number of amides is 2. The second-order valence-electron chi connectivity index (χ2n) is 16.6. The third-order valence-electron chi connectivity index (χ3n) is 10.9. The maximum Gasteiger partial charge on any atom is 0.303 e. The number of hydrogen-bond acceptors (Lipinski definition) is 10. The van der Waals surface area contributed by atoms with Crippen molar-refractivity contribution in [2.75, 3.05) is 31.6 Å². The third kappa shape index (κ3) is 14.1. The largest absolute Gasteiger partial charge is 0.508 e. The molecular weight excluding hydrogens is 749 g/mol. The van der Waals surface area contributed by atoms with E-state index >= 15 is 0 Å². The third-order valence-corrected chi connectivity index (χ3v) is 10.9. The highest BCUT2D eigenvalue weighted by Gasteiger charge is 2.29. The number of carbonyl (C=O) groups is 3. The summed E-state index contributed by atoms with van der Waals surface area (Å²) in [5.41, 5.74) is 4.98. The second-order valence-corrected chi connectivity index (χ2v) is 16.6. The van der Waals surface area contributed by atoms with Gasteiger partial charge in [-0.3, -0.25) is 24.0 Å². The summed E-state index contributed by atoms with van der Waals surface area (Å²) in [5.74, 6) is -1.04. The molecule has 4 N–H and O–H groups in total. The summed E-state index contributed by atoms with van der Waals surface area (Å²) in [6, 6.07) is 21.6. The zero-order chi connectivity index (χ0) is 42.4. The van der Waals surface area contributed by atoms with Gasteiger partial charge in [0.25, 0.3) is 0 Å². The van der Waals surface area contributed by atoms with Crippen molar-refractivity contribution >= 4 is 34.8 Å². The van der Waals surface area contributed by atoms with Gasteiger partial charge in [-0.2, -0.15) is 10.2 Å². The Morgan fingerprint density at radius 3 is 2.36 bits per heavy atom. The number of aromatic nitrogens is 3. The van der Waals surface area contributed by atoms with Crippen molar-refractivity contribution in [3.8, 4) is 5.75 Å². The summed E-state index contributed by atoms with van der Waals surface area (Å²) in [4.78, 5) is 39.1. The first-order chi connectivity index (χ1) is 28.2. The minimum atomic E-state index is -0.874. The molecule has 0 spiro atoms. The number of carboxylic acids is 1. The van der Waals surface area contributed by atoms with E-state index in [1.165, 1.54) is 11.1 Å². The van der Waals surface area contributed by atoms with Crippen LogP contribution in [0.1, 0.15) is 89.1 Å². The van der Waals surface area contributed by atoms with Crippen LogP contribution in [0.4, 0.5) is 17.1 Å². The van der Waals surface area contributed by atoms with Crippen molar-refractivity contribution < 1.29 is 29.3 Å². The standard InChI is InChI=1S/C45H60N8O6/c1-6-25-52(38-19-20-39-33(29-38)8-7-9-40(39)54)26-22-32-10-12-35(13-11-32)48-49-36-16-14-34(15-17-36)47-41(55)30-46-43(58)44(2,3)24-28-59-45(4,5)23-27-53-31-37(50-51-53)18-21-42(56)57/h7-17,31,38,54H,6,18-30H2,1-5H3,(H,46,58)(H,47,55)(H,56,57). The summed E-state index contributed by atoms with van der Waals surface area (Å²) in [6.45, 7) is 12.6. The molecule has 4 aromatic rings. The van der Waals surface area contributed by atoms with Crippen molar-refractivity contribution in [1.29, 1.82) is 0 Å². The summed E-state index contributed by atoms with van der Waals surface area (Å²) in [6.07, 6.45) is 8.18. The van der Waals surface area contributed by atoms with E-state index in [4.69, 9.17) is 9.84 Å². The van der Waals surface area contributed by atoms with E-state index < -0.39 is 17.0 Å². The van der Waals surface area contributed by atoms with Crippen LogP contribution in [0.2, 0.25) is 0 Å². The van der Waals surface area contributed by atoms with Crippen molar-refractivity contribution in [1.82, 2.24) is 25.2 Å². The Labute approximate surface area is 347 Å². The lowest BCUT2D eigenvalue weighted by molar-refractivity contribution is -0.137. The van der Waals surface area contributed by atoms with Gasteiger partial charge in [0.2, 0.25) is 11.8 Å². The fourth-order valence-corrected chi connectivity index (χ4v) is 7.13. The molecule has 1 aliphatic carbocycles. The summed E-state index contributed by atoms with van der Waals surface area (Å²) >= 11 is 0. The Bertz CT molecular complexity index is 2030. The van der Waals surface area contributed by atoms with Gasteiger partial charge in [-0.15, -0.1) is 5.10 Å². The lowest BCUT2D eigenvalue weighted by Gasteiger charge is -2.35. The molecule has 1 atom stereocenters. The number of benzene rings is 3. The van der Waals surface area contributed by atoms with Crippen molar-refractivity contribution in [3.05, 3.63) is 95.3 Å². The maximum atomic E-state index is 13.0. The van der Waals surface area contributed by atoms with Crippen LogP contribution in [0.25, 0.3) is 0 Å². The van der Waals surface area contributed by atoms with Gasteiger partial charge < -0.3 is 25.6 Å². The summed E-state index contributed by atoms with van der Waals surface area (Å²) in [5, 5.41) is 41.5. The zero-order valence-corrected chi connectivity index (χ0v) is 35.1. The highest BCUT2D eigenvalue weighted by atomic mass is 16.5. The molecular formula is C45H60N8O6. The van der Waals surface area contributed by atoms with Crippen LogP contribution in [0, 0.1) is 5.41 Å². The molecule has 5 rings (SSSR count). The van der Waals surface area contributed by atoms with Gasteiger partial charge in [0.1, 0.15) is 5.75 Å². The van der Waals surface area contributed by atoms with E-state index in [0.717, 1.165) is 56.4 Å². The van der Waals surface area contributed by atoms with Crippen LogP contribution in [0.3, 0.4) is 0 Å². The summed E-state index contributed by atoms with van der Waals surface area (Å²) < 4.78 is 7.80.